The monoisotopic (exact) mass is 422 g/mol. The number of carbonyl (C=O) groups excluding carboxylic acids is 4. The van der Waals surface area contributed by atoms with E-state index in [1.165, 1.54) is 18.7 Å². The van der Waals surface area contributed by atoms with Gasteiger partial charge in [-0.2, -0.15) is 0 Å². The maximum atomic E-state index is 13.2. The van der Waals surface area contributed by atoms with Crippen molar-refractivity contribution in [2.45, 2.75) is 13.8 Å². The standard InChI is InChI=1S/C21H14N2O4S2/c1-11(24)13-6-5-7-14(10-13)23-20(27)18(29-21(23)28)17-15-8-3-4-9-16(15)22(12(2)25)19(17)26/h3-10H,1-2H3/b18-17-. The molecule has 0 atom stereocenters. The maximum Gasteiger partial charge on any atom is 0.271 e. The number of thiocarbonyl (C=S) groups is 1. The van der Waals surface area contributed by atoms with Gasteiger partial charge < -0.3 is 0 Å². The predicted octanol–water partition coefficient (Wildman–Crippen LogP) is 3.56. The first-order valence-corrected chi connectivity index (χ1v) is 9.89. The number of ketones is 1. The summed E-state index contributed by atoms with van der Waals surface area (Å²) in [4.78, 5) is 52.5. The van der Waals surface area contributed by atoms with Gasteiger partial charge in [0.05, 0.1) is 21.9 Å². The SMILES string of the molecule is CC(=O)c1cccc(N2C(=O)/C(=C3/C(=O)N(C(C)=O)c4ccccc43)SC2=S)c1. The van der Waals surface area contributed by atoms with Crippen LogP contribution in [0.15, 0.2) is 53.4 Å². The highest BCUT2D eigenvalue weighted by Crippen LogP contribution is 2.45. The molecule has 1 fully saturated rings. The number of fused-ring (bicyclic) bond motifs is 1. The van der Waals surface area contributed by atoms with Crippen LogP contribution in [0.2, 0.25) is 0 Å². The number of hydrogen-bond donors (Lipinski definition) is 0. The van der Waals surface area contributed by atoms with Crippen LogP contribution in [0.4, 0.5) is 11.4 Å². The van der Waals surface area contributed by atoms with Gasteiger partial charge in [0.15, 0.2) is 10.1 Å². The molecule has 2 aromatic rings. The molecule has 144 valence electrons. The number of thioether (sulfide) groups is 1. The number of Topliss-reactive ketones (excluding diaryl/α,β-unsaturated/α-hetero) is 1. The molecule has 2 aromatic carbocycles. The first-order chi connectivity index (χ1) is 13.8. The minimum Gasteiger partial charge on any atom is -0.295 e. The average molecular weight is 422 g/mol. The van der Waals surface area contributed by atoms with Crippen LogP contribution in [0, 0.1) is 0 Å². The summed E-state index contributed by atoms with van der Waals surface area (Å²) < 4.78 is 0.254. The topological polar surface area (TPSA) is 74.8 Å². The summed E-state index contributed by atoms with van der Waals surface area (Å²) in [5.41, 5.74) is 2.04. The highest BCUT2D eigenvalue weighted by molar-refractivity contribution is 8.27. The molecule has 0 spiro atoms. The van der Waals surface area contributed by atoms with E-state index in [1.54, 1.807) is 48.5 Å². The lowest BCUT2D eigenvalue weighted by Crippen LogP contribution is -2.32. The lowest BCUT2D eigenvalue weighted by atomic mass is 10.1. The van der Waals surface area contributed by atoms with Crippen molar-refractivity contribution in [3.8, 4) is 0 Å². The van der Waals surface area contributed by atoms with Gasteiger partial charge in [0.25, 0.3) is 11.8 Å². The Morgan fingerprint density at radius 3 is 2.38 bits per heavy atom. The Kier molecular flexibility index (Phi) is 4.68. The van der Waals surface area contributed by atoms with Gasteiger partial charge in [0.2, 0.25) is 5.91 Å². The zero-order valence-electron chi connectivity index (χ0n) is 15.5. The molecule has 0 unspecified atom stereocenters. The van der Waals surface area contributed by atoms with Crippen molar-refractivity contribution in [3.63, 3.8) is 0 Å². The number of nitrogens with zero attached hydrogens (tertiary/aromatic N) is 2. The Bertz CT molecular complexity index is 1170. The quantitative estimate of drug-likeness (QED) is 0.419. The molecule has 0 radical (unpaired) electrons. The van der Waals surface area contributed by atoms with E-state index in [1.807, 2.05) is 0 Å². The van der Waals surface area contributed by atoms with Crippen LogP contribution < -0.4 is 9.80 Å². The molecule has 2 heterocycles. The van der Waals surface area contributed by atoms with Gasteiger partial charge in [0.1, 0.15) is 0 Å². The number of para-hydroxylation sites is 1. The molecular formula is C21H14N2O4S2. The third kappa shape index (κ3) is 3.01. The highest BCUT2D eigenvalue weighted by Gasteiger charge is 2.43. The maximum absolute atomic E-state index is 13.2. The van der Waals surface area contributed by atoms with Crippen molar-refractivity contribution in [1.82, 2.24) is 0 Å². The zero-order chi connectivity index (χ0) is 20.9. The van der Waals surface area contributed by atoms with Crippen LogP contribution in [0.3, 0.4) is 0 Å². The van der Waals surface area contributed by atoms with Gasteiger partial charge in [-0.1, -0.05) is 54.3 Å². The summed E-state index contributed by atoms with van der Waals surface area (Å²) in [5.74, 6) is -1.56. The van der Waals surface area contributed by atoms with Crippen molar-refractivity contribution in [2.75, 3.05) is 9.80 Å². The number of carbonyl (C=O) groups is 4. The number of anilines is 2. The fourth-order valence-electron chi connectivity index (χ4n) is 3.35. The van der Waals surface area contributed by atoms with Crippen LogP contribution in [0.25, 0.3) is 5.57 Å². The number of benzene rings is 2. The zero-order valence-corrected chi connectivity index (χ0v) is 17.1. The molecule has 8 heteroatoms. The molecule has 1 saturated heterocycles. The molecule has 4 rings (SSSR count). The van der Waals surface area contributed by atoms with E-state index in [9.17, 15) is 19.2 Å². The number of amides is 3. The van der Waals surface area contributed by atoms with Crippen LogP contribution in [0.5, 0.6) is 0 Å². The van der Waals surface area contributed by atoms with Crippen molar-refractivity contribution in [1.29, 1.82) is 0 Å². The molecule has 3 amide bonds. The van der Waals surface area contributed by atoms with Gasteiger partial charge >= 0.3 is 0 Å². The molecular weight excluding hydrogens is 408 g/mol. The predicted molar refractivity (Wildman–Crippen MR) is 116 cm³/mol. The summed E-state index contributed by atoms with van der Waals surface area (Å²) in [6, 6.07) is 13.4. The second-order valence-corrected chi connectivity index (χ2v) is 8.14. The van der Waals surface area contributed by atoms with Crippen LogP contribution in [0.1, 0.15) is 29.8 Å². The van der Waals surface area contributed by atoms with Crippen molar-refractivity contribution < 1.29 is 19.2 Å². The second kappa shape index (κ2) is 7.06. The Balaban J connectivity index is 1.84. The van der Waals surface area contributed by atoms with E-state index in [4.69, 9.17) is 12.2 Å². The Morgan fingerprint density at radius 1 is 0.966 bits per heavy atom. The van der Waals surface area contributed by atoms with E-state index >= 15 is 0 Å². The van der Waals surface area contributed by atoms with Gasteiger partial charge in [-0.3, -0.25) is 24.1 Å². The first-order valence-electron chi connectivity index (χ1n) is 8.67. The van der Waals surface area contributed by atoms with Crippen molar-refractivity contribution >= 4 is 68.8 Å². The minimum atomic E-state index is -0.545. The first kappa shape index (κ1) is 19.2. The van der Waals surface area contributed by atoms with E-state index in [2.05, 4.69) is 0 Å². The lowest BCUT2D eigenvalue weighted by molar-refractivity contribution is -0.122. The summed E-state index contributed by atoms with van der Waals surface area (Å²) in [6.45, 7) is 2.74. The fourth-order valence-corrected chi connectivity index (χ4v) is 4.72. The Hall–Kier alpha value is -3.10. The number of rotatable bonds is 2. The van der Waals surface area contributed by atoms with Crippen LogP contribution in [-0.2, 0) is 14.4 Å². The summed E-state index contributed by atoms with van der Waals surface area (Å²) in [5, 5.41) is 0. The van der Waals surface area contributed by atoms with Gasteiger partial charge in [-0.05, 0) is 25.1 Å². The highest BCUT2D eigenvalue weighted by atomic mass is 32.2. The third-order valence-electron chi connectivity index (χ3n) is 4.65. The van der Waals surface area contributed by atoms with E-state index in [0.29, 0.717) is 22.5 Å². The third-order valence-corrected chi connectivity index (χ3v) is 6.03. The van der Waals surface area contributed by atoms with Gasteiger partial charge in [0, 0.05) is 18.1 Å². The van der Waals surface area contributed by atoms with E-state index in [0.717, 1.165) is 16.7 Å². The summed E-state index contributed by atoms with van der Waals surface area (Å²) in [6.07, 6.45) is 0. The van der Waals surface area contributed by atoms with Crippen molar-refractivity contribution in [3.05, 3.63) is 64.6 Å². The molecule has 0 saturated carbocycles. The largest absolute Gasteiger partial charge is 0.295 e. The molecule has 6 nitrogen and oxygen atoms in total. The van der Waals surface area contributed by atoms with Crippen LogP contribution in [-0.4, -0.2) is 27.8 Å². The molecule has 2 aliphatic heterocycles. The number of hydrogen-bond acceptors (Lipinski definition) is 6. The normalized spacial score (nSPS) is 18.5. The Labute approximate surface area is 176 Å². The number of imide groups is 1. The van der Waals surface area contributed by atoms with Crippen LogP contribution >= 0.6 is 24.0 Å². The van der Waals surface area contributed by atoms with E-state index < -0.39 is 17.7 Å². The average Bonchev–Trinajstić information content (AvgIpc) is 3.13. The van der Waals surface area contributed by atoms with Crippen molar-refractivity contribution in [2.24, 2.45) is 0 Å². The fraction of sp³-hybridized carbons (Fsp3) is 0.0952. The molecule has 0 aliphatic carbocycles. The van der Waals surface area contributed by atoms with Gasteiger partial charge in [-0.15, -0.1) is 0 Å². The molecule has 0 aromatic heterocycles. The molecule has 2 aliphatic rings. The molecule has 0 bridgehead atoms. The molecule has 29 heavy (non-hydrogen) atoms. The summed E-state index contributed by atoms with van der Waals surface area (Å²) in [7, 11) is 0. The van der Waals surface area contributed by atoms with Gasteiger partial charge in [-0.25, -0.2) is 4.90 Å². The summed E-state index contributed by atoms with van der Waals surface area (Å²) >= 11 is 6.41. The van der Waals surface area contributed by atoms with E-state index in [-0.39, 0.29) is 20.6 Å². The Morgan fingerprint density at radius 2 is 1.69 bits per heavy atom. The molecule has 0 N–H and O–H groups in total. The lowest BCUT2D eigenvalue weighted by Gasteiger charge is -2.15. The smallest absolute Gasteiger partial charge is 0.271 e. The minimum absolute atomic E-state index is 0.132. The second-order valence-electron chi connectivity index (χ2n) is 6.50.